The fourth-order valence-electron chi connectivity index (χ4n) is 1.52. The van der Waals surface area contributed by atoms with Gasteiger partial charge in [-0.25, -0.2) is 0 Å². The Bertz CT molecular complexity index is 203. The molecule has 0 aliphatic heterocycles. The molecule has 0 radical (unpaired) electrons. The van der Waals surface area contributed by atoms with Crippen LogP contribution in [0.3, 0.4) is 0 Å². The second-order valence-electron chi connectivity index (χ2n) is 3.66. The quantitative estimate of drug-likeness (QED) is 0.643. The molecule has 15 heavy (non-hydrogen) atoms. The molecule has 0 aromatic heterocycles. The van der Waals surface area contributed by atoms with Crippen LogP contribution in [0.25, 0.3) is 0 Å². The average Bonchev–Trinajstić information content (AvgIpc) is 2.26. The van der Waals surface area contributed by atoms with Gasteiger partial charge in [0.25, 0.3) is 0 Å². The standard InChI is InChI=1S/C11H22N2O2/c1-5-9(4)10(12-8-14)11(15)13(6-2)7-3/h8-10H,5-7H2,1-4H3,(H,12,14). The first kappa shape index (κ1) is 13.9. The Balaban J connectivity index is 4.59. The molecule has 0 heterocycles. The molecule has 0 aromatic rings. The number of amides is 2. The smallest absolute Gasteiger partial charge is 0.245 e. The molecule has 0 fully saturated rings. The maximum absolute atomic E-state index is 12.0. The Labute approximate surface area is 92.0 Å². The van der Waals surface area contributed by atoms with E-state index in [1.165, 1.54) is 0 Å². The van der Waals surface area contributed by atoms with Crippen LogP contribution in [0.15, 0.2) is 0 Å². The molecule has 0 rings (SSSR count). The van der Waals surface area contributed by atoms with Crippen LogP contribution in [0, 0.1) is 5.92 Å². The van der Waals surface area contributed by atoms with Crippen molar-refractivity contribution in [3.8, 4) is 0 Å². The monoisotopic (exact) mass is 214 g/mol. The molecule has 4 nitrogen and oxygen atoms in total. The summed E-state index contributed by atoms with van der Waals surface area (Å²) in [5, 5.41) is 2.61. The van der Waals surface area contributed by atoms with Crippen molar-refractivity contribution in [2.45, 2.75) is 40.2 Å². The van der Waals surface area contributed by atoms with E-state index in [2.05, 4.69) is 5.32 Å². The van der Waals surface area contributed by atoms with E-state index in [4.69, 9.17) is 0 Å². The summed E-state index contributed by atoms with van der Waals surface area (Å²) in [5.74, 6) is 0.185. The Morgan fingerprint density at radius 2 is 1.87 bits per heavy atom. The van der Waals surface area contributed by atoms with Crippen molar-refractivity contribution in [3.05, 3.63) is 0 Å². The summed E-state index contributed by atoms with van der Waals surface area (Å²) in [6.45, 7) is 9.24. The summed E-state index contributed by atoms with van der Waals surface area (Å²) >= 11 is 0. The lowest BCUT2D eigenvalue weighted by Gasteiger charge is -2.28. The van der Waals surface area contributed by atoms with Crippen LogP contribution < -0.4 is 5.32 Å². The molecule has 0 spiro atoms. The molecule has 2 amide bonds. The number of nitrogens with one attached hydrogen (secondary N) is 1. The van der Waals surface area contributed by atoms with Gasteiger partial charge < -0.3 is 10.2 Å². The van der Waals surface area contributed by atoms with Gasteiger partial charge in [0.05, 0.1) is 0 Å². The topological polar surface area (TPSA) is 49.4 Å². The second kappa shape index (κ2) is 7.26. The first-order valence-corrected chi connectivity index (χ1v) is 5.60. The molecule has 1 N–H and O–H groups in total. The van der Waals surface area contributed by atoms with E-state index >= 15 is 0 Å². The number of rotatable bonds is 7. The van der Waals surface area contributed by atoms with Gasteiger partial charge in [-0.05, 0) is 19.8 Å². The van der Waals surface area contributed by atoms with Crippen LogP contribution in [-0.2, 0) is 9.59 Å². The van der Waals surface area contributed by atoms with E-state index in [0.29, 0.717) is 19.5 Å². The summed E-state index contributed by atoms with van der Waals surface area (Å²) in [4.78, 5) is 24.2. The zero-order valence-electron chi connectivity index (χ0n) is 10.1. The molecule has 0 bridgehead atoms. The van der Waals surface area contributed by atoms with Gasteiger partial charge >= 0.3 is 0 Å². The average molecular weight is 214 g/mol. The number of hydrogen-bond acceptors (Lipinski definition) is 2. The van der Waals surface area contributed by atoms with Crippen molar-refractivity contribution in [2.24, 2.45) is 5.92 Å². The van der Waals surface area contributed by atoms with Crippen molar-refractivity contribution in [1.82, 2.24) is 10.2 Å². The van der Waals surface area contributed by atoms with Gasteiger partial charge in [-0.2, -0.15) is 0 Å². The zero-order chi connectivity index (χ0) is 11.8. The molecular formula is C11H22N2O2. The van der Waals surface area contributed by atoms with E-state index in [9.17, 15) is 9.59 Å². The third-order valence-electron chi connectivity index (χ3n) is 2.80. The first-order valence-electron chi connectivity index (χ1n) is 5.60. The van der Waals surface area contributed by atoms with Gasteiger partial charge in [0, 0.05) is 13.1 Å². The first-order chi connectivity index (χ1) is 7.12. The molecule has 4 heteroatoms. The SMILES string of the molecule is CCC(C)C(NC=O)C(=O)N(CC)CC. The summed E-state index contributed by atoms with van der Waals surface area (Å²) in [6.07, 6.45) is 1.48. The number of nitrogens with zero attached hydrogens (tertiary/aromatic N) is 1. The number of carbonyl (C=O) groups excluding carboxylic acids is 2. The highest BCUT2D eigenvalue weighted by molar-refractivity contribution is 5.84. The Kier molecular flexibility index (Phi) is 6.75. The molecule has 88 valence electrons. The van der Waals surface area contributed by atoms with Crippen LogP contribution in [0.2, 0.25) is 0 Å². The Morgan fingerprint density at radius 3 is 2.20 bits per heavy atom. The fourth-order valence-corrected chi connectivity index (χ4v) is 1.52. The number of likely N-dealkylation sites (N-methyl/N-ethyl adjacent to an activating group) is 1. The minimum absolute atomic E-state index is 0.0152. The maximum atomic E-state index is 12.0. The summed E-state index contributed by atoms with van der Waals surface area (Å²) in [5.41, 5.74) is 0. The fraction of sp³-hybridized carbons (Fsp3) is 0.818. The van der Waals surface area contributed by atoms with Gasteiger partial charge in [0.2, 0.25) is 12.3 Å². The predicted molar refractivity (Wildman–Crippen MR) is 60.4 cm³/mol. The van der Waals surface area contributed by atoms with Crippen molar-refractivity contribution in [1.29, 1.82) is 0 Å². The molecular weight excluding hydrogens is 192 g/mol. The minimum atomic E-state index is -0.382. The number of hydrogen-bond donors (Lipinski definition) is 1. The lowest BCUT2D eigenvalue weighted by atomic mass is 9.98. The highest BCUT2D eigenvalue weighted by Gasteiger charge is 2.26. The molecule has 2 unspecified atom stereocenters. The lowest BCUT2D eigenvalue weighted by molar-refractivity contribution is -0.135. The Morgan fingerprint density at radius 1 is 1.33 bits per heavy atom. The van der Waals surface area contributed by atoms with E-state index in [1.54, 1.807) is 4.90 Å². The minimum Gasteiger partial charge on any atom is -0.347 e. The largest absolute Gasteiger partial charge is 0.347 e. The normalized spacial score (nSPS) is 14.1. The van der Waals surface area contributed by atoms with Crippen molar-refractivity contribution in [2.75, 3.05) is 13.1 Å². The summed E-state index contributed by atoms with van der Waals surface area (Å²) in [6, 6.07) is -0.382. The molecule has 0 aliphatic rings. The van der Waals surface area contributed by atoms with Crippen molar-refractivity contribution in [3.63, 3.8) is 0 Å². The predicted octanol–water partition coefficient (Wildman–Crippen LogP) is 1.02. The third kappa shape index (κ3) is 3.90. The van der Waals surface area contributed by atoms with Crippen LogP contribution >= 0.6 is 0 Å². The second-order valence-corrected chi connectivity index (χ2v) is 3.66. The Hall–Kier alpha value is -1.06. The van der Waals surface area contributed by atoms with Crippen LogP contribution in [0.5, 0.6) is 0 Å². The third-order valence-corrected chi connectivity index (χ3v) is 2.80. The van der Waals surface area contributed by atoms with Gasteiger partial charge in [-0.3, -0.25) is 9.59 Å². The highest BCUT2D eigenvalue weighted by atomic mass is 16.2. The molecule has 2 atom stereocenters. The van der Waals surface area contributed by atoms with E-state index in [0.717, 1.165) is 6.42 Å². The van der Waals surface area contributed by atoms with E-state index < -0.39 is 0 Å². The number of carbonyl (C=O) groups is 2. The van der Waals surface area contributed by atoms with Gasteiger partial charge in [-0.1, -0.05) is 20.3 Å². The highest BCUT2D eigenvalue weighted by Crippen LogP contribution is 2.10. The van der Waals surface area contributed by atoms with Gasteiger partial charge in [0.1, 0.15) is 6.04 Å². The van der Waals surface area contributed by atoms with Crippen molar-refractivity contribution >= 4 is 12.3 Å². The van der Waals surface area contributed by atoms with Crippen LogP contribution in [0.1, 0.15) is 34.1 Å². The van der Waals surface area contributed by atoms with Crippen molar-refractivity contribution < 1.29 is 9.59 Å². The summed E-state index contributed by atoms with van der Waals surface area (Å²) in [7, 11) is 0. The lowest BCUT2D eigenvalue weighted by Crippen LogP contribution is -2.49. The molecule has 0 saturated carbocycles. The zero-order valence-corrected chi connectivity index (χ0v) is 10.1. The molecule has 0 aliphatic carbocycles. The van der Waals surface area contributed by atoms with Crippen LogP contribution in [0.4, 0.5) is 0 Å². The van der Waals surface area contributed by atoms with Gasteiger partial charge in [-0.15, -0.1) is 0 Å². The molecule has 0 aromatic carbocycles. The van der Waals surface area contributed by atoms with Crippen LogP contribution in [-0.4, -0.2) is 36.3 Å². The maximum Gasteiger partial charge on any atom is 0.245 e. The van der Waals surface area contributed by atoms with E-state index in [1.807, 2.05) is 27.7 Å². The molecule has 0 saturated heterocycles. The van der Waals surface area contributed by atoms with E-state index in [-0.39, 0.29) is 17.9 Å². The van der Waals surface area contributed by atoms with Gasteiger partial charge in [0.15, 0.2) is 0 Å². The summed E-state index contributed by atoms with van der Waals surface area (Å²) < 4.78 is 0.